The number of fused-ring (bicyclic) bond motifs is 1. The van der Waals surface area contributed by atoms with E-state index < -0.39 is 12.1 Å². The summed E-state index contributed by atoms with van der Waals surface area (Å²) in [6.45, 7) is 1.91. The van der Waals surface area contributed by atoms with Gasteiger partial charge in [0.1, 0.15) is 0 Å². The van der Waals surface area contributed by atoms with Crippen molar-refractivity contribution in [1.82, 2.24) is 9.88 Å². The highest BCUT2D eigenvalue weighted by molar-refractivity contribution is 7.22. The number of carbonyl (C=O) groups is 2. The summed E-state index contributed by atoms with van der Waals surface area (Å²) in [4.78, 5) is 31.7. The summed E-state index contributed by atoms with van der Waals surface area (Å²) < 4.78 is 11.8. The zero-order chi connectivity index (χ0) is 19.5. The molecule has 1 aliphatic rings. The molecule has 0 saturated carbocycles. The second-order valence-electron chi connectivity index (χ2n) is 6.37. The molecule has 1 aliphatic heterocycles. The maximum Gasteiger partial charge on any atom is 0.339 e. The third kappa shape index (κ3) is 3.83. The fourth-order valence-corrected chi connectivity index (χ4v) is 3.86. The molecule has 3 aromatic rings. The van der Waals surface area contributed by atoms with E-state index in [0.717, 1.165) is 10.2 Å². The van der Waals surface area contributed by atoms with Crippen molar-refractivity contribution in [1.29, 1.82) is 0 Å². The maximum atomic E-state index is 13.0. The standard InChI is InChI=1S/C20H19N3O4S/c21-20-22-15-7-6-14(12-16(15)28-20)19(25)27-17(13-4-2-1-3-5-13)18(24)23-8-10-26-11-9-23/h1-7,12,17H,8-11H2,(H2,21,22). The van der Waals surface area contributed by atoms with Crippen LogP contribution in [-0.2, 0) is 14.3 Å². The predicted molar refractivity (Wildman–Crippen MR) is 106 cm³/mol. The summed E-state index contributed by atoms with van der Waals surface area (Å²) in [6, 6.07) is 14.1. The maximum absolute atomic E-state index is 13.0. The second kappa shape index (κ2) is 7.95. The summed E-state index contributed by atoms with van der Waals surface area (Å²) in [6.07, 6.45) is -1.01. The first-order valence-electron chi connectivity index (χ1n) is 8.90. The van der Waals surface area contributed by atoms with Crippen LogP contribution in [0.4, 0.5) is 5.13 Å². The van der Waals surface area contributed by atoms with Gasteiger partial charge in [0, 0.05) is 18.7 Å². The Bertz CT molecular complexity index is 999. The van der Waals surface area contributed by atoms with Gasteiger partial charge in [-0.05, 0) is 18.2 Å². The highest BCUT2D eigenvalue weighted by Crippen LogP contribution is 2.27. The lowest BCUT2D eigenvalue weighted by Gasteiger charge is -2.30. The molecule has 1 aromatic heterocycles. The summed E-state index contributed by atoms with van der Waals surface area (Å²) in [5.41, 5.74) is 7.44. The summed E-state index contributed by atoms with van der Waals surface area (Å²) in [7, 11) is 0. The fourth-order valence-electron chi connectivity index (χ4n) is 3.08. The van der Waals surface area contributed by atoms with Gasteiger partial charge in [0.05, 0.1) is 29.0 Å². The minimum Gasteiger partial charge on any atom is -0.444 e. The van der Waals surface area contributed by atoms with Crippen molar-refractivity contribution in [3.63, 3.8) is 0 Å². The first kappa shape index (κ1) is 18.4. The molecule has 2 N–H and O–H groups in total. The van der Waals surface area contributed by atoms with Crippen molar-refractivity contribution < 1.29 is 19.1 Å². The average molecular weight is 397 g/mol. The average Bonchev–Trinajstić information content (AvgIpc) is 3.11. The zero-order valence-corrected chi connectivity index (χ0v) is 15.9. The number of nitrogens with zero attached hydrogens (tertiary/aromatic N) is 2. The first-order valence-corrected chi connectivity index (χ1v) is 9.72. The highest BCUT2D eigenvalue weighted by Gasteiger charge is 2.30. The number of benzene rings is 2. The number of nitrogen functional groups attached to an aromatic ring is 1. The van der Waals surface area contributed by atoms with Crippen LogP contribution < -0.4 is 5.73 Å². The van der Waals surface area contributed by atoms with E-state index in [-0.39, 0.29) is 5.91 Å². The van der Waals surface area contributed by atoms with Crippen LogP contribution in [0.1, 0.15) is 22.0 Å². The molecule has 7 nitrogen and oxygen atoms in total. The number of hydrogen-bond donors (Lipinski definition) is 1. The van der Waals surface area contributed by atoms with E-state index >= 15 is 0 Å². The van der Waals surface area contributed by atoms with Gasteiger partial charge in [-0.25, -0.2) is 9.78 Å². The first-order chi connectivity index (χ1) is 13.6. The van der Waals surface area contributed by atoms with Crippen molar-refractivity contribution in [2.75, 3.05) is 32.0 Å². The van der Waals surface area contributed by atoms with Gasteiger partial charge in [-0.1, -0.05) is 41.7 Å². The summed E-state index contributed by atoms with van der Waals surface area (Å²) in [5, 5.41) is 0.435. The number of thiazole rings is 1. The lowest BCUT2D eigenvalue weighted by molar-refractivity contribution is -0.145. The number of morpholine rings is 1. The van der Waals surface area contributed by atoms with Crippen LogP contribution in [0.15, 0.2) is 48.5 Å². The number of carbonyl (C=O) groups excluding carboxylic acids is 2. The largest absolute Gasteiger partial charge is 0.444 e. The Balaban J connectivity index is 1.60. The number of hydrogen-bond acceptors (Lipinski definition) is 7. The molecule has 1 unspecified atom stereocenters. The molecule has 28 heavy (non-hydrogen) atoms. The monoisotopic (exact) mass is 397 g/mol. The predicted octanol–water partition coefficient (Wildman–Crippen LogP) is 2.64. The Labute approximate surface area is 165 Å². The van der Waals surface area contributed by atoms with Gasteiger partial charge in [-0.15, -0.1) is 0 Å². The van der Waals surface area contributed by atoms with Crippen LogP contribution in [0, 0.1) is 0 Å². The SMILES string of the molecule is Nc1nc2ccc(C(=O)OC(C(=O)N3CCOCC3)c3ccccc3)cc2s1. The lowest BCUT2D eigenvalue weighted by Crippen LogP contribution is -2.44. The highest BCUT2D eigenvalue weighted by atomic mass is 32.1. The van der Waals surface area contributed by atoms with Crippen LogP contribution in [0.25, 0.3) is 10.2 Å². The minimum atomic E-state index is -1.01. The van der Waals surface area contributed by atoms with Crippen LogP contribution in [0.3, 0.4) is 0 Å². The summed E-state index contributed by atoms with van der Waals surface area (Å²) >= 11 is 1.30. The minimum absolute atomic E-state index is 0.244. The molecule has 1 atom stereocenters. The van der Waals surface area contributed by atoms with E-state index in [1.807, 2.05) is 18.2 Å². The fraction of sp³-hybridized carbons (Fsp3) is 0.250. The zero-order valence-electron chi connectivity index (χ0n) is 15.0. The molecule has 1 amide bonds. The van der Waals surface area contributed by atoms with E-state index in [9.17, 15) is 9.59 Å². The molecule has 0 radical (unpaired) electrons. The van der Waals surface area contributed by atoms with Crippen molar-refractivity contribution in [2.24, 2.45) is 0 Å². The number of rotatable bonds is 4. The quantitative estimate of drug-likeness (QED) is 0.680. The van der Waals surface area contributed by atoms with Crippen LogP contribution in [0.2, 0.25) is 0 Å². The molecule has 0 bridgehead atoms. The molecule has 2 aromatic carbocycles. The number of esters is 1. The number of ether oxygens (including phenoxy) is 2. The van der Waals surface area contributed by atoms with E-state index in [4.69, 9.17) is 15.2 Å². The topological polar surface area (TPSA) is 94.8 Å². The van der Waals surface area contributed by atoms with E-state index in [1.54, 1.807) is 35.2 Å². The van der Waals surface area contributed by atoms with Gasteiger partial charge in [0.25, 0.3) is 5.91 Å². The number of amides is 1. The van der Waals surface area contributed by atoms with Crippen LogP contribution in [-0.4, -0.2) is 48.1 Å². The number of anilines is 1. The van der Waals surface area contributed by atoms with Crippen molar-refractivity contribution in [3.05, 3.63) is 59.7 Å². The van der Waals surface area contributed by atoms with E-state index in [0.29, 0.717) is 42.6 Å². The third-order valence-corrected chi connectivity index (χ3v) is 5.36. The Morgan fingerprint density at radius 3 is 2.64 bits per heavy atom. The van der Waals surface area contributed by atoms with Crippen LogP contribution >= 0.6 is 11.3 Å². The molecule has 1 fully saturated rings. The molecular formula is C20H19N3O4S. The molecule has 2 heterocycles. The molecule has 8 heteroatoms. The number of aromatic nitrogens is 1. The van der Waals surface area contributed by atoms with Crippen LogP contribution in [0.5, 0.6) is 0 Å². The molecule has 144 valence electrons. The summed E-state index contributed by atoms with van der Waals surface area (Å²) in [5.74, 6) is -0.810. The van der Waals surface area contributed by atoms with Gasteiger partial charge >= 0.3 is 5.97 Å². The molecule has 4 rings (SSSR count). The third-order valence-electron chi connectivity index (χ3n) is 4.51. The van der Waals surface area contributed by atoms with Crippen molar-refractivity contribution >= 4 is 38.6 Å². The Morgan fingerprint density at radius 2 is 1.89 bits per heavy atom. The Morgan fingerprint density at radius 1 is 1.14 bits per heavy atom. The van der Waals surface area contributed by atoms with E-state index in [1.165, 1.54) is 11.3 Å². The Kier molecular flexibility index (Phi) is 5.23. The molecular weight excluding hydrogens is 378 g/mol. The van der Waals surface area contributed by atoms with Gasteiger partial charge in [-0.2, -0.15) is 0 Å². The lowest BCUT2D eigenvalue weighted by atomic mass is 10.1. The van der Waals surface area contributed by atoms with Gasteiger partial charge in [0.15, 0.2) is 5.13 Å². The molecule has 0 aliphatic carbocycles. The van der Waals surface area contributed by atoms with Gasteiger partial charge < -0.3 is 20.1 Å². The van der Waals surface area contributed by atoms with Crippen molar-refractivity contribution in [2.45, 2.75) is 6.10 Å². The molecule has 0 spiro atoms. The normalized spacial score (nSPS) is 15.4. The smallest absolute Gasteiger partial charge is 0.339 e. The number of nitrogens with two attached hydrogens (primary N) is 1. The van der Waals surface area contributed by atoms with Gasteiger partial charge in [0.2, 0.25) is 6.10 Å². The van der Waals surface area contributed by atoms with E-state index in [2.05, 4.69) is 4.98 Å². The Hall–Kier alpha value is -2.97. The molecule has 1 saturated heterocycles. The van der Waals surface area contributed by atoms with Gasteiger partial charge in [-0.3, -0.25) is 4.79 Å². The second-order valence-corrected chi connectivity index (χ2v) is 7.43. The van der Waals surface area contributed by atoms with Crippen molar-refractivity contribution in [3.8, 4) is 0 Å².